The molecule has 0 radical (unpaired) electrons. The highest BCUT2D eigenvalue weighted by atomic mass is 79.9. The van der Waals surface area contributed by atoms with Gasteiger partial charge in [-0.05, 0) is 35.9 Å². The van der Waals surface area contributed by atoms with Gasteiger partial charge in [0.05, 0.1) is 5.56 Å². The van der Waals surface area contributed by atoms with Crippen LogP contribution < -0.4 is 0 Å². The van der Waals surface area contributed by atoms with Crippen molar-refractivity contribution in [1.29, 1.82) is 0 Å². The quantitative estimate of drug-likeness (QED) is 0.309. The molecular formula is C26H23BrO4. The molecule has 4 aromatic rings. The van der Waals surface area contributed by atoms with Crippen LogP contribution in [0.2, 0.25) is 0 Å². The summed E-state index contributed by atoms with van der Waals surface area (Å²) in [6.07, 6.45) is -0.151. The monoisotopic (exact) mass is 478 g/mol. The van der Waals surface area contributed by atoms with Gasteiger partial charge in [0, 0.05) is 10.0 Å². The summed E-state index contributed by atoms with van der Waals surface area (Å²) in [6, 6.07) is 32.5. The largest absolute Gasteiger partial charge is 0.508 e. The fourth-order valence-corrected chi connectivity index (χ4v) is 2.84. The van der Waals surface area contributed by atoms with Gasteiger partial charge in [0.25, 0.3) is 0 Å². The highest BCUT2D eigenvalue weighted by Crippen LogP contribution is 2.28. The number of carbonyl (C=O) groups excluding carboxylic acids is 1. The van der Waals surface area contributed by atoms with Gasteiger partial charge in [0.1, 0.15) is 17.6 Å². The molecule has 0 saturated heterocycles. The van der Waals surface area contributed by atoms with Crippen molar-refractivity contribution in [3.63, 3.8) is 0 Å². The summed E-state index contributed by atoms with van der Waals surface area (Å²) in [5, 5.41) is 28.5. The number of carbonyl (C=O) groups is 1. The van der Waals surface area contributed by atoms with E-state index >= 15 is 0 Å². The molecule has 4 nitrogen and oxygen atoms in total. The maximum atomic E-state index is 10.1. The Bertz CT molecular complexity index is 1050. The lowest BCUT2D eigenvalue weighted by molar-refractivity contribution is 0.112. The molecule has 158 valence electrons. The van der Waals surface area contributed by atoms with Crippen molar-refractivity contribution in [2.24, 2.45) is 0 Å². The predicted octanol–water partition coefficient (Wildman–Crippen LogP) is 6.13. The van der Waals surface area contributed by atoms with Crippen molar-refractivity contribution in [2.45, 2.75) is 6.10 Å². The van der Waals surface area contributed by atoms with Crippen molar-refractivity contribution in [1.82, 2.24) is 0 Å². The first-order chi connectivity index (χ1) is 15.0. The van der Waals surface area contributed by atoms with Crippen molar-refractivity contribution >= 4 is 22.2 Å². The van der Waals surface area contributed by atoms with Crippen LogP contribution >= 0.6 is 15.9 Å². The first-order valence-electron chi connectivity index (χ1n) is 9.47. The van der Waals surface area contributed by atoms with Crippen LogP contribution in [0.4, 0.5) is 0 Å². The predicted molar refractivity (Wildman–Crippen MR) is 126 cm³/mol. The second-order valence-corrected chi connectivity index (χ2v) is 7.26. The van der Waals surface area contributed by atoms with E-state index in [-0.39, 0.29) is 11.5 Å². The number of rotatable bonds is 3. The van der Waals surface area contributed by atoms with E-state index in [0.29, 0.717) is 17.4 Å². The lowest BCUT2D eigenvalue weighted by Crippen LogP contribution is -1.99. The molecule has 4 aromatic carbocycles. The number of phenols is 2. The molecule has 0 saturated carbocycles. The van der Waals surface area contributed by atoms with Crippen LogP contribution in [0, 0.1) is 0 Å². The first-order valence-corrected chi connectivity index (χ1v) is 10.3. The molecule has 0 aromatic heterocycles. The molecule has 0 amide bonds. The average molecular weight is 479 g/mol. The normalized spacial score (nSPS) is 10.5. The smallest absolute Gasteiger partial charge is 0.153 e. The number of aromatic hydroxyl groups is 2. The van der Waals surface area contributed by atoms with Gasteiger partial charge in [-0.25, -0.2) is 0 Å². The van der Waals surface area contributed by atoms with Crippen molar-refractivity contribution in [3.8, 4) is 11.5 Å². The molecule has 0 spiro atoms. The molecule has 3 N–H and O–H groups in total. The van der Waals surface area contributed by atoms with Crippen molar-refractivity contribution < 1.29 is 20.1 Å². The number of aliphatic hydroxyl groups is 1. The van der Waals surface area contributed by atoms with E-state index in [2.05, 4.69) is 15.9 Å². The Morgan fingerprint density at radius 2 is 1.13 bits per heavy atom. The van der Waals surface area contributed by atoms with Gasteiger partial charge < -0.3 is 15.3 Å². The Morgan fingerprint density at radius 1 is 0.645 bits per heavy atom. The van der Waals surface area contributed by atoms with E-state index in [1.165, 1.54) is 6.07 Å². The molecule has 0 fully saturated rings. The minimum absolute atomic E-state index is 0.0347. The van der Waals surface area contributed by atoms with E-state index in [4.69, 9.17) is 5.11 Å². The van der Waals surface area contributed by atoms with E-state index in [9.17, 15) is 15.0 Å². The average Bonchev–Trinajstić information content (AvgIpc) is 2.81. The van der Waals surface area contributed by atoms with Gasteiger partial charge in [-0.2, -0.15) is 0 Å². The SMILES string of the molecule is Brc1ccccc1.O=Cc1ccccc1O.Oc1ccccc1C(O)c1ccccc1. The van der Waals surface area contributed by atoms with E-state index < -0.39 is 6.10 Å². The number of aldehydes is 1. The van der Waals surface area contributed by atoms with Gasteiger partial charge in [-0.15, -0.1) is 0 Å². The third-order valence-corrected chi connectivity index (χ3v) is 4.67. The Morgan fingerprint density at radius 3 is 1.58 bits per heavy atom. The second-order valence-electron chi connectivity index (χ2n) is 6.34. The van der Waals surface area contributed by atoms with Crippen LogP contribution in [0.25, 0.3) is 0 Å². The fraction of sp³-hybridized carbons (Fsp3) is 0.0385. The lowest BCUT2D eigenvalue weighted by atomic mass is 10.0. The maximum Gasteiger partial charge on any atom is 0.153 e. The van der Waals surface area contributed by atoms with Crippen LogP contribution in [0.5, 0.6) is 11.5 Å². The zero-order valence-corrected chi connectivity index (χ0v) is 18.3. The molecule has 1 unspecified atom stereocenters. The first kappa shape index (κ1) is 23.9. The van der Waals surface area contributed by atoms with Gasteiger partial charge in [-0.1, -0.05) is 94.8 Å². The molecule has 31 heavy (non-hydrogen) atoms. The summed E-state index contributed by atoms with van der Waals surface area (Å²) >= 11 is 3.31. The second kappa shape index (κ2) is 13.0. The molecule has 0 heterocycles. The number of hydrogen-bond acceptors (Lipinski definition) is 4. The van der Waals surface area contributed by atoms with E-state index in [1.807, 2.05) is 60.7 Å². The molecule has 0 aliphatic carbocycles. The number of aliphatic hydroxyl groups excluding tert-OH is 1. The van der Waals surface area contributed by atoms with Gasteiger partial charge in [0.2, 0.25) is 0 Å². The van der Waals surface area contributed by atoms with Crippen LogP contribution in [-0.2, 0) is 0 Å². The Labute approximate surface area is 190 Å². The number of hydrogen-bond donors (Lipinski definition) is 3. The van der Waals surface area contributed by atoms with Crippen LogP contribution in [0.3, 0.4) is 0 Å². The summed E-state index contributed by atoms with van der Waals surface area (Å²) in [4.78, 5) is 10.1. The molecular weight excluding hydrogens is 456 g/mol. The minimum Gasteiger partial charge on any atom is -0.508 e. The molecule has 5 heteroatoms. The summed E-state index contributed by atoms with van der Waals surface area (Å²) in [5.74, 6) is 0.154. The molecule has 4 rings (SSSR count). The number of para-hydroxylation sites is 2. The summed E-state index contributed by atoms with van der Waals surface area (Å²) in [6.45, 7) is 0. The summed E-state index contributed by atoms with van der Waals surface area (Å²) < 4.78 is 1.13. The number of phenolic OH excluding ortho intramolecular Hbond substituents is 2. The topological polar surface area (TPSA) is 77.8 Å². The van der Waals surface area contributed by atoms with Crippen molar-refractivity contribution in [2.75, 3.05) is 0 Å². The summed E-state index contributed by atoms with van der Waals surface area (Å²) in [5.41, 5.74) is 1.64. The number of halogens is 1. The Hall–Kier alpha value is -3.41. The van der Waals surface area contributed by atoms with Crippen LogP contribution in [0.1, 0.15) is 27.6 Å². The van der Waals surface area contributed by atoms with E-state index in [1.54, 1.807) is 42.5 Å². The molecule has 0 aliphatic heterocycles. The van der Waals surface area contributed by atoms with Gasteiger partial charge in [-0.3, -0.25) is 4.79 Å². The zero-order valence-electron chi connectivity index (χ0n) is 16.7. The van der Waals surface area contributed by atoms with Crippen LogP contribution in [-0.4, -0.2) is 21.6 Å². The highest BCUT2D eigenvalue weighted by molar-refractivity contribution is 9.10. The molecule has 0 aliphatic rings. The molecule has 1 atom stereocenters. The highest BCUT2D eigenvalue weighted by Gasteiger charge is 2.12. The third-order valence-electron chi connectivity index (χ3n) is 4.14. The van der Waals surface area contributed by atoms with Gasteiger partial charge in [0.15, 0.2) is 6.29 Å². The summed E-state index contributed by atoms with van der Waals surface area (Å²) in [7, 11) is 0. The Balaban J connectivity index is 0.000000181. The lowest BCUT2D eigenvalue weighted by Gasteiger charge is -2.12. The van der Waals surface area contributed by atoms with Gasteiger partial charge >= 0.3 is 0 Å². The minimum atomic E-state index is -0.771. The Kier molecular flexibility index (Phi) is 10.0. The van der Waals surface area contributed by atoms with Crippen LogP contribution in [0.15, 0.2) is 114 Å². The third kappa shape index (κ3) is 8.09. The standard InChI is InChI=1S/C13H12O2.C7H6O2.C6H5Br/c14-12-9-5-4-8-11(12)13(15)10-6-2-1-3-7-10;8-5-6-3-1-2-4-7(6)9;7-6-4-2-1-3-5-6/h1-9,13-15H;1-5,9H;1-5H. The molecule has 0 bridgehead atoms. The van der Waals surface area contributed by atoms with Crippen molar-refractivity contribution in [3.05, 3.63) is 130 Å². The van der Waals surface area contributed by atoms with E-state index in [0.717, 1.165) is 10.0 Å². The maximum absolute atomic E-state index is 10.1. The fourth-order valence-electron chi connectivity index (χ4n) is 2.54. The number of benzene rings is 4. The zero-order chi connectivity index (χ0) is 22.5.